The summed E-state index contributed by atoms with van der Waals surface area (Å²) >= 11 is 5.65. The zero-order chi connectivity index (χ0) is 14.0. The van der Waals surface area contributed by atoms with Crippen LogP contribution in [-0.2, 0) is 0 Å². The second-order valence-corrected chi connectivity index (χ2v) is 3.72. The molecule has 0 amide bonds. The average Bonchev–Trinajstić information content (AvgIpc) is 2.40. The van der Waals surface area contributed by atoms with Gasteiger partial charge in [-0.15, -0.1) is 0 Å². The van der Waals surface area contributed by atoms with Gasteiger partial charge in [0.25, 0.3) is 0 Å². The van der Waals surface area contributed by atoms with E-state index in [9.17, 15) is 13.2 Å². The van der Waals surface area contributed by atoms with E-state index in [0.29, 0.717) is 6.07 Å². The number of hydrogen-bond donors (Lipinski definition) is 0. The summed E-state index contributed by atoms with van der Waals surface area (Å²) in [6.45, 7) is 0. The van der Waals surface area contributed by atoms with Crippen LogP contribution in [0.4, 0.5) is 13.2 Å². The predicted molar refractivity (Wildman–Crippen MR) is 60.4 cm³/mol. The standard InChI is InChI=1S/C12H4ClF3N2O/c13-12-6(5-17)8(3-4-18-12)19-9-2-1-7(14)10(15)11(9)16/h1-4H. The molecule has 1 aromatic carbocycles. The molecule has 0 atom stereocenters. The molecular formula is C12H4ClF3N2O. The van der Waals surface area contributed by atoms with E-state index in [4.69, 9.17) is 21.6 Å². The number of rotatable bonds is 2. The third-order valence-electron chi connectivity index (χ3n) is 2.20. The summed E-state index contributed by atoms with van der Waals surface area (Å²) in [6, 6.07) is 4.59. The van der Waals surface area contributed by atoms with E-state index in [1.807, 2.05) is 0 Å². The third-order valence-corrected chi connectivity index (χ3v) is 2.48. The number of halogens is 4. The Balaban J connectivity index is 2.46. The summed E-state index contributed by atoms with van der Waals surface area (Å²) in [5, 5.41) is 8.73. The maximum Gasteiger partial charge on any atom is 0.204 e. The van der Waals surface area contributed by atoms with Crippen LogP contribution in [-0.4, -0.2) is 4.98 Å². The smallest absolute Gasteiger partial charge is 0.204 e. The van der Waals surface area contributed by atoms with Gasteiger partial charge in [-0.2, -0.15) is 9.65 Å². The Kier molecular flexibility index (Phi) is 3.58. The molecule has 0 aliphatic rings. The van der Waals surface area contributed by atoms with Crippen molar-refractivity contribution in [2.75, 3.05) is 0 Å². The topological polar surface area (TPSA) is 45.9 Å². The van der Waals surface area contributed by atoms with Gasteiger partial charge in [0.1, 0.15) is 17.4 Å². The van der Waals surface area contributed by atoms with E-state index < -0.39 is 23.2 Å². The van der Waals surface area contributed by atoms with Crippen molar-refractivity contribution in [2.45, 2.75) is 0 Å². The fourth-order valence-electron chi connectivity index (χ4n) is 1.31. The Labute approximate surface area is 110 Å². The largest absolute Gasteiger partial charge is 0.453 e. The number of pyridine rings is 1. The molecule has 0 unspecified atom stereocenters. The number of nitrogens with zero attached hydrogens (tertiary/aromatic N) is 2. The highest BCUT2D eigenvalue weighted by Gasteiger charge is 2.17. The zero-order valence-corrected chi connectivity index (χ0v) is 9.88. The van der Waals surface area contributed by atoms with Crippen molar-refractivity contribution in [3.63, 3.8) is 0 Å². The molecule has 96 valence electrons. The SMILES string of the molecule is N#Cc1c(Oc2ccc(F)c(F)c2F)ccnc1Cl. The minimum atomic E-state index is -1.66. The summed E-state index contributed by atoms with van der Waals surface area (Å²) in [7, 11) is 0. The van der Waals surface area contributed by atoms with Crippen molar-refractivity contribution in [3.05, 3.63) is 52.6 Å². The number of benzene rings is 1. The first-order valence-corrected chi connectivity index (χ1v) is 5.28. The average molecular weight is 285 g/mol. The normalized spacial score (nSPS) is 10.1. The van der Waals surface area contributed by atoms with Crippen LogP contribution < -0.4 is 4.74 Å². The second kappa shape index (κ2) is 5.16. The van der Waals surface area contributed by atoms with Crippen molar-refractivity contribution < 1.29 is 17.9 Å². The quantitative estimate of drug-likeness (QED) is 0.622. The van der Waals surface area contributed by atoms with Crippen LogP contribution in [0, 0.1) is 28.8 Å². The summed E-state index contributed by atoms with van der Waals surface area (Å²) in [5.74, 6) is -5.14. The lowest BCUT2D eigenvalue weighted by Crippen LogP contribution is -1.97. The van der Waals surface area contributed by atoms with Gasteiger partial charge in [-0.05, 0) is 12.1 Å². The fraction of sp³-hybridized carbons (Fsp3) is 0. The summed E-state index contributed by atoms with van der Waals surface area (Å²) < 4.78 is 44.2. The van der Waals surface area contributed by atoms with Crippen molar-refractivity contribution >= 4 is 11.6 Å². The Morgan fingerprint density at radius 1 is 1.11 bits per heavy atom. The van der Waals surface area contributed by atoms with E-state index >= 15 is 0 Å². The predicted octanol–water partition coefficient (Wildman–Crippen LogP) is 3.82. The highest BCUT2D eigenvalue weighted by Crippen LogP contribution is 2.31. The van der Waals surface area contributed by atoms with Gasteiger partial charge in [-0.25, -0.2) is 13.8 Å². The summed E-state index contributed by atoms with van der Waals surface area (Å²) in [6.07, 6.45) is 1.23. The number of nitriles is 1. The van der Waals surface area contributed by atoms with E-state index in [1.165, 1.54) is 12.3 Å². The molecule has 0 aliphatic carbocycles. The molecule has 0 fully saturated rings. The molecule has 3 nitrogen and oxygen atoms in total. The van der Waals surface area contributed by atoms with Crippen LogP contribution in [0.1, 0.15) is 5.56 Å². The minimum Gasteiger partial charge on any atom is -0.453 e. The van der Waals surface area contributed by atoms with Gasteiger partial charge >= 0.3 is 0 Å². The molecule has 19 heavy (non-hydrogen) atoms. The van der Waals surface area contributed by atoms with Crippen molar-refractivity contribution in [3.8, 4) is 17.6 Å². The monoisotopic (exact) mass is 284 g/mol. The lowest BCUT2D eigenvalue weighted by Gasteiger charge is -2.09. The lowest BCUT2D eigenvalue weighted by atomic mass is 10.2. The molecule has 0 bridgehead atoms. The molecule has 0 aliphatic heterocycles. The molecule has 0 spiro atoms. The summed E-state index contributed by atoms with van der Waals surface area (Å²) in [5.41, 5.74) is -0.131. The molecule has 1 aromatic heterocycles. The molecule has 0 saturated heterocycles. The van der Waals surface area contributed by atoms with Gasteiger partial charge in [0.15, 0.2) is 22.5 Å². The van der Waals surface area contributed by atoms with E-state index in [-0.39, 0.29) is 16.5 Å². The highest BCUT2D eigenvalue weighted by atomic mass is 35.5. The number of hydrogen-bond acceptors (Lipinski definition) is 3. The lowest BCUT2D eigenvalue weighted by molar-refractivity contribution is 0.393. The van der Waals surface area contributed by atoms with Crippen molar-refractivity contribution in [1.82, 2.24) is 4.98 Å². The molecule has 0 radical (unpaired) electrons. The molecule has 0 N–H and O–H groups in total. The minimum absolute atomic E-state index is 0.104. The first-order valence-electron chi connectivity index (χ1n) is 4.90. The van der Waals surface area contributed by atoms with Crippen LogP contribution in [0.25, 0.3) is 0 Å². The molecular weight excluding hydrogens is 281 g/mol. The first-order chi connectivity index (χ1) is 9.04. The molecule has 1 heterocycles. The Hall–Kier alpha value is -2.26. The Morgan fingerprint density at radius 2 is 1.84 bits per heavy atom. The van der Waals surface area contributed by atoms with Crippen molar-refractivity contribution in [1.29, 1.82) is 5.26 Å². The molecule has 7 heteroatoms. The first kappa shape index (κ1) is 13.2. The van der Waals surface area contributed by atoms with Gasteiger partial charge in [0.2, 0.25) is 5.82 Å². The van der Waals surface area contributed by atoms with Crippen LogP contribution in [0.2, 0.25) is 5.15 Å². The van der Waals surface area contributed by atoms with Gasteiger partial charge < -0.3 is 4.74 Å². The van der Waals surface area contributed by atoms with Gasteiger partial charge in [-0.1, -0.05) is 11.6 Å². The van der Waals surface area contributed by atoms with E-state index in [1.54, 1.807) is 6.07 Å². The van der Waals surface area contributed by atoms with E-state index in [0.717, 1.165) is 6.07 Å². The van der Waals surface area contributed by atoms with Gasteiger partial charge in [0, 0.05) is 12.3 Å². The van der Waals surface area contributed by atoms with Crippen LogP contribution in [0.3, 0.4) is 0 Å². The van der Waals surface area contributed by atoms with Crippen molar-refractivity contribution in [2.24, 2.45) is 0 Å². The molecule has 0 saturated carbocycles. The Bertz CT molecular complexity index is 685. The molecule has 2 aromatic rings. The van der Waals surface area contributed by atoms with Gasteiger partial charge in [0.05, 0.1) is 0 Å². The fourth-order valence-corrected chi connectivity index (χ4v) is 1.50. The van der Waals surface area contributed by atoms with Crippen LogP contribution in [0.5, 0.6) is 11.5 Å². The zero-order valence-electron chi connectivity index (χ0n) is 9.12. The number of aromatic nitrogens is 1. The summed E-state index contributed by atoms with van der Waals surface area (Å²) in [4.78, 5) is 3.64. The van der Waals surface area contributed by atoms with Gasteiger partial charge in [-0.3, -0.25) is 0 Å². The third kappa shape index (κ3) is 2.46. The maximum absolute atomic E-state index is 13.4. The highest BCUT2D eigenvalue weighted by molar-refractivity contribution is 6.30. The van der Waals surface area contributed by atoms with Crippen LogP contribution >= 0.6 is 11.6 Å². The maximum atomic E-state index is 13.4. The number of ether oxygens (including phenoxy) is 1. The van der Waals surface area contributed by atoms with E-state index in [2.05, 4.69) is 4.98 Å². The van der Waals surface area contributed by atoms with Crippen LogP contribution in [0.15, 0.2) is 24.4 Å². The molecule has 2 rings (SSSR count). The second-order valence-electron chi connectivity index (χ2n) is 3.36. The Morgan fingerprint density at radius 3 is 2.53 bits per heavy atom.